The summed E-state index contributed by atoms with van der Waals surface area (Å²) in [6.45, 7) is 3.64. The summed E-state index contributed by atoms with van der Waals surface area (Å²) < 4.78 is 10.9. The van der Waals surface area contributed by atoms with Crippen LogP contribution in [-0.2, 0) is 11.2 Å². The molecule has 1 saturated carbocycles. The Morgan fingerprint density at radius 3 is 2.66 bits per heavy atom. The summed E-state index contributed by atoms with van der Waals surface area (Å²) in [5.74, 6) is 3.49. The number of hydrogen-bond donors (Lipinski definition) is 1. The number of nitrogens with one attached hydrogen (secondary N) is 1. The Labute approximate surface area is 171 Å². The van der Waals surface area contributed by atoms with E-state index in [2.05, 4.69) is 17.1 Å². The summed E-state index contributed by atoms with van der Waals surface area (Å²) >= 11 is 0. The number of benzene rings is 1. The van der Waals surface area contributed by atoms with Crippen molar-refractivity contribution in [3.63, 3.8) is 0 Å². The molecule has 4 rings (SSSR count). The predicted molar refractivity (Wildman–Crippen MR) is 109 cm³/mol. The van der Waals surface area contributed by atoms with Gasteiger partial charge in [-0.2, -0.15) is 5.10 Å². The van der Waals surface area contributed by atoms with Crippen molar-refractivity contribution < 1.29 is 14.3 Å². The van der Waals surface area contributed by atoms with Gasteiger partial charge in [-0.05, 0) is 48.9 Å². The van der Waals surface area contributed by atoms with Crippen LogP contribution in [0.15, 0.2) is 24.3 Å². The fourth-order valence-corrected chi connectivity index (χ4v) is 4.82. The molecule has 7 nitrogen and oxygen atoms in total. The summed E-state index contributed by atoms with van der Waals surface area (Å²) in [5.41, 5.74) is 0.113. The molecule has 1 N–H and O–H groups in total. The van der Waals surface area contributed by atoms with Crippen LogP contribution in [0.25, 0.3) is 0 Å². The zero-order valence-electron chi connectivity index (χ0n) is 17.3. The molecule has 1 atom stereocenters. The molecule has 1 spiro atoms. The fraction of sp³-hybridized carbons (Fsp3) is 0.591. The summed E-state index contributed by atoms with van der Waals surface area (Å²) in [4.78, 5) is 19.6. The van der Waals surface area contributed by atoms with Crippen LogP contribution in [0.5, 0.6) is 11.5 Å². The van der Waals surface area contributed by atoms with E-state index in [1.807, 2.05) is 29.2 Å². The van der Waals surface area contributed by atoms with Gasteiger partial charge in [-0.25, -0.2) is 4.98 Å². The first-order valence-electron chi connectivity index (χ1n) is 10.6. The van der Waals surface area contributed by atoms with Gasteiger partial charge in [-0.1, -0.05) is 19.8 Å². The lowest BCUT2D eigenvalue weighted by atomic mass is 9.76. The molecule has 2 aliphatic rings. The van der Waals surface area contributed by atoms with Gasteiger partial charge in [-0.3, -0.25) is 9.89 Å². The Bertz CT molecular complexity index is 827. The number of amides is 1. The number of aromatic amines is 1. The Kier molecular flexibility index (Phi) is 5.74. The molecule has 1 unspecified atom stereocenters. The summed E-state index contributed by atoms with van der Waals surface area (Å²) in [7, 11) is 1.63. The number of likely N-dealkylation sites (tertiary alicyclic amines) is 1. The highest BCUT2D eigenvalue weighted by Gasteiger charge is 2.51. The van der Waals surface area contributed by atoms with Crippen molar-refractivity contribution in [3.05, 3.63) is 35.9 Å². The fourth-order valence-electron chi connectivity index (χ4n) is 4.82. The number of rotatable bonds is 7. The van der Waals surface area contributed by atoms with Gasteiger partial charge in [0.05, 0.1) is 7.11 Å². The lowest BCUT2D eigenvalue weighted by molar-refractivity contribution is -0.132. The van der Waals surface area contributed by atoms with Gasteiger partial charge in [0.1, 0.15) is 17.3 Å². The standard InChI is InChI=1S/C22H30N4O3/c1-3-6-19-23-21(25-24-19)18-13-26(15-22(18)11-4-5-12-22)20(27)14-29-17-9-7-16(28-2)8-10-17/h7-10,18H,3-6,11-15H2,1-2H3,(H,23,24,25). The maximum absolute atomic E-state index is 12.9. The molecule has 1 aromatic carbocycles. The van der Waals surface area contributed by atoms with Crippen LogP contribution >= 0.6 is 0 Å². The van der Waals surface area contributed by atoms with Crippen LogP contribution in [0.1, 0.15) is 56.6 Å². The summed E-state index contributed by atoms with van der Waals surface area (Å²) in [6, 6.07) is 7.30. The molecule has 0 radical (unpaired) electrons. The minimum atomic E-state index is 0.0268. The highest BCUT2D eigenvalue weighted by molar-refractivity contribution is 5.78. The third-order valence-electron chi connectivity index (χ3n) is 6.37. The van der Waals surface area contributed by atoms with Crippen LogP contribution < -0.4 is 9.47 Å². The highest BCUT2D eigenvalue weighted by Crippen LogP contribution is 2.52. The lowest BCUT2D eigenvalue weighted by Crippen LogP contribution is -2.34. The van der Waals surface area contributed by atoms with Gasteiger partial charge in [0.15, 0.2) is 12.4 Å². The molecule has 1 aliphatic heterocycles. The average molecular weight is 399 g/mol. The van der Waals surface area contributed by atoms with Crippen molar-refractivity contribution >= 4 is 5.91 Å². The number of aryl methyl sites for hydroxylation is 1. The average Bonchev–Trinajstić information content (AvgIpc) is 3.48. The first-order valence-corrected chi connectivity index (χ1v) is 10.6. The third-order valence-corrected chi connectivity index (χ3v) is 6.37. The molecule has 1 amide bonds. The van der Waals surface area contributed by atoms with Crippen molar-refractivity contribution in [2.45, 2.75) is 51.4 Å². The van der Waals surface area contributed by atoms with Crippen LogP contribution in [0.4, 0.5) is 0 Å². The van der Waals surface area contributed by atoms with E-state index in [1.54, 1.807) is 7.11 Å². The topological polar surface area (TPSA) is 80.3 Å². The second kappa shape index (κ2) is 8.43. The molecule has 0 bridgehead atoms. The summed E-state index contributed by atoms with van der Waals surface area (Å²) in [5, 5.41) is 7.61. The van der Waals surface area contributed by atoms with Crippen molar-refractivity contribution in [2.75, 3.05) is 26.8 Å². The van der Waals surface area contributed by atoms with Crippen molar-refractivity contribution in [3.8, 4) is 11.5 Å². The van der Waals surface area contributed by atoms with Crippen molar-refractivity contribution in [1.29, 1.82) is 0 Å². The number of ether oxygens (including phenoxy) is 2. The molecular weight excluding hydrogens is 368 g/mol. The Morgan fingerprint density at radius 2 is 1.97 bits per heavy atom. The second-order valence-corrected chi connectivity index (χ2v) is 8.25. The van der Waals surface area contributed by atoms with Gasteiger partial charge in [0.2, 0.25) is 0 Å². The first-order chi connectivity index (χ1) is 14.1. The molecule has 29 heavy (non-hydrogen) atoms. The highest BCUT2D eigenvalue weighted by atomic mass is 16.5. The van der Waals surface area contributed by atoms with Gasteiger partial charge in [0, 0.05) is 25.4 Å². The van der Waals surface area contributed by atoms with E-state index in [-0.39, 0.29) is 23.8 Å². The molecule has 2 heterocycles. The van der Waals surface area contributed by atoms with E-state index >= 15 is 0 Å². The van der Waals surface area contributed by atoms with E-state index < -0.39 is 0 Å². The minimum absolute atomic E-state index is 0.0268. The second-order valence-electron chi connectivity index (χ2n) is 8.25. The monoisotopic (exact) mass is 398 g/mol. The normalized spacial score (nSPS) is 20.3. The smallest absolute Gasteiger partial charge is 0.260 e. The van der Waals surface area contributed by atoms with Crippen LogP contribution in [0.2, 0.25) is 0 Å². The van der Waals surface area contributed by atoms with Gasteiger partial charge in [0.25, 0.3) is 5.91 Å². The Balaban J connectivity index is 1.43. The largest absolute Gasteiger partial charge is 0.497 e. The quantitative estimate of drug-likeness (QED) is 0.774. The molecule has 7 heteroatoms. The summed E-state index contributed by atoms with van der Waals surface area (Å²) in [6.07, 6.45) is 6.65. The van der Waals surface area contributed by atoms with E-state index in [1.165, 1.54) is 12.8 Å². The SMILES string of the molecule is CCCc1nc(C2CN(C(=O)COc3ccc(OC)cc3)CC23CCCC3)n[nH]1. The Hall–Kier alpha value is -2.57. The van der Waals surface area contributed by atoms with Crippen molar-refractivity contribution in [2.24, 2.45) is 5.41 Å². The number of carbonyl (C=O) groups excluding carboxylic acids is 1. The third kappa shape index (κ3) is 4.09. The number of H-pyrrole nitrogens is 1. The van der Waals surface area contributed by atoms with Crippen LogP contribution in [0, 0.1) is 5.41 Å². The van der Waals surface area contributed by atoms with Gasteiger partial charge >= 0.3 is 0 Å². The van der Waals surface area contributed by atoms with Crippen LogP contribution in [0.3, 0.4) is 0 Å². The minimum Gasteiger partial charge on any atom is -0.497 e. The molecule has 2 fully saturated rings. The molecule has 1 aromatic heterocycles. The van der Waals surface area contributed by atoms with E-state index in [0.29, 0.717) is 12.3 Å². The molecule has 1 saturated heterocycles. The first kappa shape index (κ1) is 19.7. The maximum Gasteiger partial charge on any atom is 0.260 e. The number of methoxy groups -OCH3 is 1. The van der Waals surface area contributed by atoms with Gasteiger partial charge < -0.3 is 14.4 Å². The Morgan fingerprint density at radius 1 is 1.24 bits per heavy atom. The lowest BCUT2D eigenvalue weighted by Gasteiger charge is -2.27. The number of hydrogen-bond acceptors (Lipinski definition) is 5. The molecule has 156 valence electrons. The maximum atomic E-state index is 12.9. The number of carbonyl (C=O) groups is 1. The van der Waals surface area contributed by atoms with Crippen LogP contribution in [-0.4, -0.2) is 52.8 Å². The van der Waals surface area contributed by atoms with E-state index in [0.717, 1.165) is 49.6 Å². The molecule has 2 aromatic rings. The zero-order valence-corrected chi connectivity index (χ0v) is 17.3. The zero-order chi connectivity index (χ0) is 20.3. The van der Waals surface area contributed by atoms with E-state index in [4.69, 9.17) is 14.5 Å². The predicted octanol–water partition coefficient (Wildman–Crippen LogP) is 3.33. The number of nitrogens with zero attached hydrogens (tertiary/aromatic N) is 3. The number of aromatic nitrogens is 3. The van der Waals surface area contributed by atoms with E-state index in [9.17, 15) is 4.79 Å². The van der Waals surface area contributed by atoms with Gasteiger partial charge in [-0.15, -0.1) is 0 Å². The molecule has 1 aliphatic carbocycles. The molecular formula is C22H30N4O3. The van der Waals surface area contributed by atoms with Crippen molar-refractivity contribution in [1.82, 2.24) is 20.1 Å².